The normalized spacial score (nSPS) is 16.2. The van der Waals surface area contributed by atoms with E-state index in [-0.39, 0.29) is 5.91 Å². The number of hydrogen-bond donors (Lipinski definition) is 2. The highest BCUT2D eigenvalue weighted by Crippen LogP contribution is 2.17. The molecular formula is C12H20N4O. The third-order valence-electron chi connectivity index (χ3n) is 3.13. The van der Waals surface area contributed by atoms with Crippen LogP contribution in [-0.4, -0.2) is 34.8 Å². The highest BCUT2D eigenvalue weighted by Gasteiger charge is 2.14. The number of hydrogen-bond acceptors (Lipinski definition) is 3. The van der Waals surface area contributed by atoms with Crippen molar-refractivity contribution < 1.29 is 4.79 Å². The molecule has 94 valence electrons. The van der Waals surface area contributed by atoms with Crippen molar-refractivity contribution in [1.82, 2.24) is 20.4 Å². The molecule has 5 heteroatoms. The van der Waals surface area contributed by atoms with Crippen molar-refractivity contribution in [2.75, 3.05) is 13.1 Å². The summed E-state index contributed by atoms with van der Waals surface area (Å²) in [6.45, 7) is 1.79. The van der Waals surface area contributed by atoms with E-state index in [0.29, 0.717) is 19.1 Å². The maximum Gasteiger partial charge on any atom is 0.234 e. The fraction of sp³-hybridized carbons (Fsp3) is 0.667. The molecule has 1 aromatic heterocycles. The van der Waals surface area contributed by atoms with Crippen molar-refractivity contribution in [2.45, 2.75) is 38.3 Å². The molecule has 1 aliphatic carbocycles. The quantitative estimate of drug-likeness (QED) is 0.757. The zero-order valence-corrected chi connectivity index (χ0v) is 10.1. The molecule has 5 nitrogen and oxygen atoms in total. The monoisotopic (exact) mass is 236 g/mol. The summed E-state index contributed by atoms with van der Waals surface area (Å²) < 4.78 is 1.81. The Labute approximate surface area is 102 Å². The molecule has 0 saturated heterocycles. The van der Waals surface area contributed by atoms with Gasteiger partial charge in [0.25, 0.3) is 0 Å². The van der Waals surface area contributed by atoms with Gasteiger partial charge in [0.05, 0.1) is 13.1 Å². The second kappa shape index (κ2) is 6.39. The van der Waals surface area contributed by atoms with Crippen LogP contribution in [0.3, 0.4) is 0 Å². The first-order valence-electron chi connectivity index (χ1n) is 6.32. The van der Waals surface area contributed by atoms with Crippen molar-refractivity contribution in [3.63, 3.8) is 0 Å². The van der Waals surface area contributed by atoms with Gasteiger partial charge in [-0.1, -0.05) is 12.8 Å². The van der Waals surface area contributed by atoms with Crippen molar-refractivity contribution in [2.24, 2.45) is 0 Å². The van der Waals surface area contributed by atoms with Crippen LogP contribution in [-0.2, 0) is 11.3 Å². The van der Waals surface area contributed by atoms with Crippen LogP contribution in [0.1, 0.15) is 25.7 Å². The minimum atomic E-state index is 0.0732. The first kappa shape index (κ1) is 12.1. The number of carbonyl (C=O) groups excluding carboxylic acids is 1. The number of nitrogens with one attached hydrogen (secondary N) is 2. The summed E-state index contributed by atoms with van der Waals surface area (Å²) in [6, 6.07) is 2.43. The fourth-order valence-electron chi connectivity index (χ4n) is 2.17. The van der Waals surface area contributed by atoms with Gasteiger partial charge in [-0.2, -0.15) is 5.10 Å². The largest absolute Gasteiger partial charge is 0.353 e. The van der Waals surface area contributed by atoms with E-state index in [0.717, 1.165) is 6.54 Å². The van der Waals surface area contributed by atoms with Crippen LogP contribution in [0.25, 0.3) is 0 Å². The summed E-state index contributed by atoms with van der Waals surface area (Å²) in [5.41, 5.74) is 0. The highest BCUT2D eigenvalue weighted by atomic mass is 16.1. The summed E-state index contributed by atoms with van der Waals surface area (Å²) in [6.07, 6.45) is 8.63. The Morgan fingerprint density at radius 1 is 1.41 bits per heavy atom. The number of carbonyl (C=O) groups is 1. The minimum Gasteiger partial charge on any atom is -0.353 e. The second-order valence-corrected chi connectivity index (χ2v) is 4.48. The molecule has 1 aromatic rings. The van der Waals surface area contributed by atoms with Gasteiger partial charge in [0.15, 0.2) is 0 Å². The summed E-state index contributed by atoms with van der Waals surface area (Å²) in [5.74, 6) is 0.0732. The highest BCUT2D eigenvalue weighted by molar-refractivity contribution is 5.77. The van der Waals surface area contributed by atoms with E-state index >= 15 is 0 Å². The SMILES string of the molecule is O=C(CNC1CCCC1)NCCn1cccn1. The van der Waals surface area contributed by atoms with Crippen molar-refractivity contribution in [1.29, 1.82) is 0 Å². The van der Waals surface area contributed by atoms with Crippen LogP contribution < -0.4 is 10.6 Å². The molecule has 1 heterocycles. The lowest BCUT2D eigenvalue weighted by atomic mass is 10.2. The van der Waals surface area contributed by atoms with Crippen LogP contribution in [0.5, 0.6) is 0 Å². The van der Waals surface area contributed by atoms with Gasteiger partial charge in [-0.25, -0.2) is 0 Å². The molecule has 0 spiro atoms. The third-order valence-corrected chi connectivity index (χ3v) is 3.13. The van der Waals surface area contributed by atoms with E-state index in [1.54, 1.807) is 6.20 Å². The van der Waals surface area contributed by atoms with Gasteiger partial charge < -0.3 is 10.6 Å². The lowest BCUT2D eigenvalue weighted by Crippen LogP contribution is -2.39. The molecule has 1 fully saturated rings. The van der Waals surface area contributed by atoms with Crippen LogP contribution in [0.15, 0.2) is 18.5 Å². The topological polar surface area (TPSA) is 59.0 Å². The molecule has 0 aromatic carbocycles. The zero-order valence-electron chi connectivity index (χ0n) is 10.1. The van der Waals surface area contributed by atoms with E-state index in [2.05, 4.69) is 15.7 Å². The minimum absolute atomic E-state index is 0.0732. The average molecular weight is 236 g/mol. The maximum atomic E-state index is 11.5. The summed E-state index contributed by atoms with van der Waals surface area (Å²) in [5, 5.41) is 10.2. The second-order valence-electron chi connectivity index (χ2n) is 4.48. The Morgan fingerprint density at radius 2 is 2.24 bits per heavy atom. The van der Waals surface area contributed by atoms with Gasteiger partial charge in [0, 0.05) is 25.0 Å². The van der Waals surface area contributed by atoms with Gasteiger partial charge in [-0.3, -0.25) is 9.48 Å². The van der Waals surface area contributed by atoms with Crippen molar-refractivity contribution >= 4 is 5.91 Å². The van der Waals surface area contributed by atoms with Crippen LogP contribution in [0.2, 0.25) is 0 Å². The molecule has 2 N–H and O–H groups in total. The van der Waals surface area contributed by atoms with E-state index in [1.807, 2.05) is 16.9 Å². The van der Waals surface area contributed by atoms with Crippen LogP contribution in [0.4, 0.5) is 0 Å². The Morgan fingerprint density at radius 3 is 2.94 bits per heavy atom. The molecule has 1 aliphatic rings. The zero-order chi connectivity index (χ0) is 11.9. The average Bonchev–Trinajstić information content (AvgIpc) is 2.99. The summed E-state index contributed by atoms with van der Waals surface area (Å²) in [7, 11) is 0. The summed E-state index contributed by atoms with van der Waals surface area (Å²) >= 11 is 0. The smallest absolute Gasteiger partial charge is 0.234 e. The predicted molar refractivity (Wildman–Crippen MR) is 65.5 cm³/mol. The number of aromatic nitrogens is 2. The lowest BCUT2D eigenvalue weighted by molar-refractivity contribution is -0.120. The Hall–Kier alpha value is -1.36. The van der Waals surface area contributed by atoms with Gasteiger partial charge in [0.2, 0.25) is 5.91 Å². The van der Waals surface area contributed by atoms with Gasteiger partial charge >= 0.3 is 0 Å². The molecule has 0 unspecified atom stereocenters. The molecule has 0 atom stereocenters. The van der Waals surface area contributed by atoms with Gasteiger partial charge in [-0.15, -0.1) is 0 Å². The Balaban J connectivity index is 1.54. The number of rotatable bonds is 6. The molecule has 0 bridgehead atoms. The molecule has 1 saturated carbocycles. The van der Waals surface area contributed by atoms with E-state index in [1.165, 1.54) is 25.7 Å². The number of nitrogens with zero attached hydrogens (tertiary/aromatic N) is 2. The standard InChI is InChI=1S/C12H20N4O/c17-12(10-14-11-4-1-2-5-11)13-7-9-16-8-3-6-15-16/h3,6,8,11,14H,1-2,4-5,7,9-10H2,(H,13,17). The van der Waals surface area contributed by atoms with Crippen LogP contribution in [0, 0.1) is 0 Å². The molecule has 0 radical (unpaired) electrons. The van der Waals surface area contributed by atoms with Gasteiger partial charge in [0.1, 0.15) is 0 Å². The van der Waals surface area contributed by atoms with E-state index in [4.69, 9.17) is 0 Å². The molecule has 0 aliphatic heterocycles. The van der Waals surface area contributed by atoms with Crippen molar-refractivity contribution in [3.05, 3.63) is 18.5 Å². The van der Waals surface area contributed by atoms with E-state index in [9.17, 15) is 4.79 Å². The van der Waals surface area contributed by atoms with Gasteiger partial charge in [-0.05, 0) is 18.9 Å². The number of amides is 1. The lowest BCUT2D eigenvalue weighted by Gasteiger charge is -2.11. The molecule has 1 amide bonds. The van der Waals surface area contributed by atoms with Crippen molar-refractivity contribution in [3.8, 4) is 0 Å². The molecular weight excluding hydrogens is 216 g/mol. The third kappa shape index (κ3) is 4.19. The summed E-state index contributed by atoms with van der Waals surface area (Å²) in [4.78, 5) is 11.5. The predicted octanol–water partition coefficient (Wildman–Crippen LogP) is 0.531. The molecule has 2 rings (SSSR count). The maximum absolute atomic E-state index is 11.5. The Kier molecular flexibility index (Phi) is 4.55. The van der Waals surface area contributed by atoms with Crippen LogP contribution >= 0.6 is 0 Å². The van der Waals surface area contributed by atoms with E-state index < -0.39 is 0 Å². The molecule has 17 heavy (non-hydrogen) atoms. The fourth-order valence-corrected chi connectivity index (χ4v) is 2.17. The Bertz CT molecular complexity index is 330. The first-order valence-corrected chi connectivity index (χ1v) is 6.32. The first-order chi connectivity index (χ1) is 8.34.